The molecule has 1 aromatic heterocycles. The molecule has 0 saturated heterocycles. The van der Waals surface area contributed by atoms with Crippen molar-refractivity contribution in [1.29, 1.82) is 0 Å². The minimum atomic E-state index is -3.00. The summed E-state index contributed by atoms with van der Waals surface area (Å²) in [7, 11) is -3.00. The van der Waals surface area contributed by atoms with Gasteiger partial charge in [-0.2, -0.15) is 0 Å². The maximum atomic E-state index is 11.5. The van der Waals surface area contributed by atoms with Crippen LogP contribution in [0.25, 0.3) is 11.1 Å². The van der Waals surface area contributed by atoms with Crippen LogP contribution in [-0.2, 0) is 19.9 Å². The molecule has 0 aliphatic carbocycles. The van der Waals surface area contributed by atoms with Crippen molar-refractivity contribution in [3.8, 4) is 0 Å². The van der Waals surface area contributed by atoms with Gasteiger partial charge in [0.2, 0.25) is 0 Å². The molecule has 1 aromatic carbocycles. The van der Waals surface area contributed by atoms with Crippen molar-refractivity contribution in [2.24, 2.45) is 5.14 Å². The Kier molecular flexibility index (Phi) is 2.46. The molecule has 4 nitrogen and oxygen atoms in total. The van der Waals surface area contributed by atoms with Crippen LogP contribution in [0.3, 0.4) is 0 Å². The summed E-state index contributed by atoms with van der Waals surface area (Å²) in [6.45, 7) is 1.71. The molecular weight excluding hydrogens is 256 g/mol. The summed E-state index contributed by atoms with van der Waals surface area (Å²) in [5.41, 5.74) is 1.08. The lowest BCUT2D eigenvalue weighted by molar-refractivity contribution is 0.560. The summed E-state index contributed by atoms with van der Waals surface area (Å²) < 4.78 is 16.8. The molecule has 0 amide bonds. The van der Waals surface area contributed by atoms with Crippen LogP contribution in [0.4, 0.5) is 0 Å². The predicted octanol–water partition coefficient (Wildman–Crippen LogP) is 1.77. The quantitative estimate of drug-likeness (QED) is 0.850. The largest absolute Gasteiger partial charge is 0.441 e. The third-order valence-electron chi connectivity index (χ3n) is 1.86. The number of rotatable bonds is 1. The van der Waals surface area contributed by atoms with Gasteiger partial charge in [0.1, 0.15) is 14.2 Å². The zero-order valence-corrected chi connectivity index (χ0v) is 10.1. The number of nitrogens with two attached hydrogens (primary N) is 1. The third kappa shape index (κ3) is 1.98. The molecule has 1 unspecified atom stereocenters. The van der Waals surface area contributed by atoms with Crippen molar-refractivity contribution in [3.63, 3.8) is 0 Å². The standard InChI is InChI=1S/C8H7ClN2O2S2/c1-4-11-6-2-5(9)8(15(10,12)14)3-7(6)13-4/h2-3H,1H3,(H2,10,12,14). The van der Waals surface area contributed by atoms with Gasteiger partial charge >= 0.3 is 0 Å². The van der Waals surface area contributed by atoms with E-state index in [2.05, 4.69) is 16.2 Å². The van der Waals surface area contributed by atoms with E-state index in [4.69, 9.17) is 21.2 Å². The van der Waals surface area contributed by atoms with Gasteiger partial charge < -0.3 is 4.42 Å². The summed E-state index contributed by atoms with van der Waals surface area (Å²) in [5, 5.41) is 5.60. The van der Waals surface area contributed by atoms with Gasteiger partial charge in [-0.05, 0) is 6.07 Å². The topological polar surface area (TPSA) is 69.1 Å². The van der Waals surface area contributed by atoms with Gasteiger partial charge in [0.05, 0.1) is 9.92 Å². The van der Waals surface area contributed by atoms with Gasteiger partial charge in [0.15, 0.2) is 11.5 Å². The first-order valence-corrected chi connectivity index (χ1v) is 6.90. The minimum Gasteiger partial charge on any atom is -0.441 e. The Morgan fingerprint density at radius 1 is 1.60 bits per heavy atom. The van der Waals surface area contributed by atoms with Crippen molar-refractivity contribution in [2.45, 2.75) is 11.8 Å². The average Bonchev–Trinajstić information content (AvgIpc) is 2.40. The first-order valence-electron chi connectivity index (χ1n) is 3.97. The summed E-state index contributed by atoms with van der Waals surface area (Å²) in [6, 6.07) is 3.02. The Morgan fingerprint density at radius 2 is 2.27 bits per heavy atom. The van der Waals surface area contributed by atoms with Gasteiger partial charge in [0, 0.05) is 24.2 Å². The summed E-state index contributed by atoms with van der Waals surface area (Å²) in [5.74, 6) is 0.506. The molecule has 0 spiro atoms. The number of nitrogens with zero attached hydrogens (tertiary/aromatic N) is 1. The number of aromatic nitrogens is 1. The molecule has 80 valence electrons. The summed E-state index contributed by atoms with van der Waals surface area (Å²) in [6.07, 6.45) is 0. The van der Waals surface area contributed by atoms with E-state index in [0.29, 0.717) is 17.0 Å². The highest BCUT2D eigenvalue weighted by molar-refractivity contribution is 8.31. The molecule has 0 aliphatic rings. The lowest BCUT2D eigenvalue weighted by Gasteiger charge is -2.02. The number of benzene rings is 1. The van der Waals surface area contributed by atoms with E-state index in [1.807, 2.05) is 0 Å². The van der Waals surface area contributed by atoms with Gasteiger partial charge in [-0.25, -0.2) is 14.3 Å². The van der Waals surface area contributed by atoms with E-state index in [0.717, 1.165) is 0 Å². The van der Waals surface area contributed by atoms with Crippen LogP contribution in [0, 0.1) is 6.92 Å². The lowest BCUT2D eigenvalue weighted by atomic mass is 10.3. The Hall–Kier alpha value is -0.690. The molecular formula is C8H7ClN2O2S2. The van der Waals surface area contributed by atoms with Gasteiger partial charge in [-0.1, -0.05) is 11.6 Å². The van der Waals surface area contributed by atoms with E-state index in [-0.39, 0.29) is 9.92 Å². The van der Waals surface area contributed by atoms with Crippen LogP contribution >= 0.6 is 11.6 Å². The fourth-order valence-corrected chi connectivity index (χ4v) is 2.92. The van der Waals surface area contributed by atoms with E-state index in [1.165, 1.54) is 6.07 Å². The van der Waals surface area contributed by atoms with Crippen LogP contribution in [-0.4, -0.2) is 9.19 Å². The van der Waals surface area contributed by atoms with Gasteiger partial charge in [-0.15, -0.1) is 0 Å². The van der Waals surface area contributed by atoms with Crippen molar-refractivity contribution in [2.75, 3.05) is 0 Å². The molecule has 0 aliphatic heterocycles. The molecule has 0 fully saturated rings. The van der Waals surface area contributed by atoms with E-state index >= 15 is 0 Å². The normalized spacial score (nSPS) is 15.4. The molecule has 0 bridgehead atoms. The number of aryl methyl sites for hydroxylation is 1. The lowest BCUT2D eigenvalue weighted by Crippen LogP contribution is -2.11. The van der Waals surface area contributed by atoms with Crippen molar-refractivity contribution < 1.29 is 8.63 Å². The van der Waals surface area contributed by atoms with Gasteiger partial charge in [-0.3, -0.25) is 0 Å². The first kappa shape index (κ1) is 10.8. The fourth-order valence-electron chi connectivity index (χ4n) is 1.26. The van der Waals surface area contributed by atoms with E-state index < -0.39 is 8.68 Å². The summed E-state index contributed by atoms with van der Waals surface area (Å²) in [4.78, 5) is 4.29. The number of halogens is 1. The fraction of sp³-hybridized carbons (Fsp3) is 0.125. The smallest absolute Gasteiger partial charge is 0.192 e. The summed E-state index contributed by atoms with van der Waals surface area (Å²) >= 11 is 10.6. The number of hydrogen-bond acceptors (Lipinski definition) is 4. The maximum Gasteiger partial charge on any atom is 0.192 e. The molecule has 15 heavy (non-hydrogen) atoms. The third-order valence-corrected chi connectivity index (χ3v) is 3.77. The zero-order valence-electron chi connectivity index (χ0n) is 7.69. The Labute approximate surface area is 96.2 Å². The minimum absolute atomic E-state index is 0.211. The highest BCUT2D eigenvalue weighted by Gasteiger charge is 2.13. The van der Waals surface area contributed by atoms with E-state index in [9.17, 15) is 4.21 Å². The molecule has 1 heterocycles. The Bertz CT molecular complexity index is 633. The molecule has 0 saturated carbocycles. The average molecular weight is 263 g/mol. The molecule has 2 rings (SSSR count). The van der Waals surface area contributed by atoms with Crippen LogP contribution in [0.5, 0.6) is 0 Å². The number of oxazole rings is 1. The molecule has 0 radical (unpaired) electrons. The van der Waals surface area contributed by atoms with Crippen molar-refractivity contribution >= 4 is 42.6 Å². The molecule has 2 aromatic rings. The monoisotopic (exact) mass is 262 g/mol. The van der Waals surface area contributed by atoms with Crippen molar-refractivity contribution in [3.05, 3.63) is 23.0 Å². The maximum absolute atomic E-state index is 11.5. The molecule has 1 atom stereocenters. The Balaban J connectivity index is 2.83. The van der Waals surface area contributed by atoms with Crippen LogP contribution in [0.2, 0.25) is 5.02 Å². The van der Waals surface area contributed by atoms with Crippen molar-refractivity contribution in [1.82, 2.24) is 4.98 Å². The Morgan fingerprint density at radius 3 is 2.87 bits per heavy atom. The van der Waals surface area contributed by atoms with Crippen LogP contribution in [0.15, 0.2) is 21.4 Å². The van der Waals surface area contributed by atoms with Crippen LogP contribution < -0.4 is 5.14 Å². The molecule has 7 heteroatoms. The first-order chi connectivity index (χ1) is 6.88. The predicted molar refractivity (Wildman–Crippen MR) is 61.7 cm³/mol. The number of hydrogen-bond donors (Lipinski definition) is 1. The second-order valence-corrected chi connectivity index (χ2v) is 6.45. The highest BCUT2D eigenvalue weighted by Crippen LogP contribution is 2.27. The molecule has 2 N–H and O–H groups in total. The SMILES string of the molecule is Cc1nc2cc(Cl)c(S(N)(=O)=S)cc2o1. The highest BCUT2D eigenvalue weighted by atomic mass is 35.5. The zero-order chi connectivity index (χ0) is 11.2. The van der Waals surface area contributed by atoms with E-state index in [1.54, 1.807) is 13.0 Å². The van der Waals surface area contributed by atoms with Gasteiger partial charge in [0.25, 0.3) is 0 Å². The number of fused-ring (bicyclic) bond motifs is 1. The second-order valence-electron chi connectivity index (χ2n) is 3.03. The second kappa shape index (κ2) is 3.41. The van der Waals surface area contributed by atoms with Crippen LogP contribution in [0.1, 0.15) is 5.89 Å².